The van der Waals surface area contributed by atoms with Crippen LogP contribution in [0.1, 0.15) is 46.5 Å². The number of amides is 1. The fraction of sp³-hybridized carbons (Fsp3) is 0.818. The van der Waals surface area contributed by atoms with Crippen molar-refractivity contribution in [1.82, 2.24) is 5.01 Å². The zero-order valence-corrected chi connectivity index (χ0v) is 10.3. The van der Waals surface area contributed by atoms with Crippen molar-refractivity contribution in [3.63, 3.8) is 0 Å². The zero-order valence-electron chi connectivity index (χ0n) is 10.3. The van der Waals surface area contributed by atoms with Crippen LogP contribution in [-0.2, 0) is 9.59 Å². The van der Waals surface area contributed by atoms with E-state index in [1.807, 2.05) is 13.8 Å². The summed E-state index contributed by atoms with van der Waals surface area (Å²) in [6.45, 7) is 5.77. The molecule has 0 bridgehead atoms. The van der Waals surface area contributed by atoms with E-state index in [-0.39, 0.29) is 12.3 Å². The molecule has 0 rings (SSSR count). The molecule has 0 aromatic heterocycles. The Morgan fingerprint density at radius 1 is 1.38 bits per heavy atom. The van der Waals surface area contributed by atoms with Crippen LogP contribution in [0.5, 0.6) is 0 Å². The van der Waals surface area contributed by atoms with Crippen molar-refractivity contribution in [2.24, 2.45) is 11.8 Å². The number of carbonyl (C=O) groups excluding carboxylic acids is 1. The van der Waals surface area contributed by atoms with Crippen LogP contribution in [-0.4, -0.2) is 28.0 Å². The predicted octanol–water partition coefficient (Wildman–Crippen LogP) is 1.38. The SMILES string of the molecule is CCC(=O)N(N)C(CC(=O)O)CC(C)CC. The average molecular weight is 230 g/mol. The number of hydrogen-bond donors (Lipinski definition) is 2. The molecule has 0 aromatic carbocycles. The van der Waals surface area contributed by atoms with Gasteiger partial charge in [0.15, 0.2) is 0 Å². The molecular weight excluding hydrogens is 208 g/mol. The molecule has 1 amide bonds. The molecule has 0 radical (unpaired) electrons. The lowest BCUT2D eigenvalue weighted by molar-refractivity contribution is -0.141. The highest BCUT2D eigenvalue weighted by Crippen LogP contribution is 2.16. The molecule has 0 aliphatic heterocycles. The first-order chi connectivity index (χ1) is 7.42. The third-order valence-electron chi connectivity index (χ3n) is 2.77. The third kappa shape index (κ3) is 5.11. The van der Waals surface area contributed by atoms with E-state index >= 15 is 0 Å². The van der Waals surface area contributed by atoms with E-state index < -0.39 is 12.0 Å². The second-order valence-electron chi connectivity index (χ2n) is 4.16. The number of carboxylic acid groups (broad SMARTS) is 1. The minimum atomic E-state index is -0.923. The highest BCUT2D eigenvalue weighted by molar-refractivity contribution is 5.76. The number of nitrogens with two attached hydrogens (primary N) is 1. The molecule has 0 fully saturated rings. The number of carboxylic acids is 1. The second-order valence-corrected chi connectivity index (χ2v) is 4.16. The number of hydrogen-bond acceptors (Lipinski definition) is 3. The van der Waals surface area contributed by atoms with Gasteiger partial charge in [-0.05, 0) is 12.3 Å². The van der Waals surface area contributed by atoms with E-state index in [0.29, 0.717) is 18.8 Å². The number of hydrazine groups is 1. The topological polar surface area (TPSA) is 83.6 Å². The first-order valence-electron chi connectivity index (χ1n) is 5.70. The minimum absolute atomic E-state index is 0.0907. The summed E-state index contributed by atoms with van der Waals surface area (Å²) in [4.78, 5) is 22.1. The first-order valence-corrected chi connectivity index (χ1v) is 5.70. The lowest BCUT2D eigenvalue weighted by Gasteiger charge is -2.28. The van der Waals surface area contributed by atoms with Gasteiger partial charge in [-0.3, -0.25) is 14.6 Å². The zero-order chi connectivity index (χ0) is 12.7. The fourth-order valence-electron chi connectivity index (χ4n) is 1.51. The average Bonchev–Trinajstić information content (AvgIpc) is 2.25. The minimum Gasteiger partial charge on any atom is -0.481 e. The van der Waals surface area contributed by atoms with Gasteiger partial charge < -0.3 is 5.11 Å². The molecule has 3 N–H and O–H groups in total. The van der Waals surface area contributed by atoms with Crippen molar-refractivity contribution in [2.75, 3.05) is 0 Å². The lowest BCUT2D eigenvalue weighted by Crippen LogP contribution is -2.47. The molecule has 2 unspecified atom stereocenters. The summed E-state index contributed by atoms with van der Waals surface area (Å²) < 4.78 is 0. The maximum Gasteiger partial charge on any atom is 0.305 e. The van der Waals surface area contributed by atoms with Gasteiger partial charge in [0, 0.05) is 6.42 Å². The Hall–Kier alpha value is -1.10. The molecule has 5 nitrogen and oxygen atoms in total. The van der Waals surface area contributed by atoms with E-state index in [9.17, 15) is 9.59 Å². The maximum atomic E-state index is 11.4. The van der Waals surface area contributed by atoms with Crippen LogP contribution in [0.25, 0.3) is 0 Å². The highest BCUT2D eigenvalue weighted by Gasteiger charge is 2.23. The van der Waals surface area contributed by atoms with Gasteiger partial charge >= 0.3 is 5.97 Å². The van der Waals surface area contributed by atoms with Crippen LogP contribution in [0.15, 0.2) is 0 Å². The van der Waals surface area contributed by atoms with Gasteiger partial charge in [0.1, 0.15) is 0 Å². The summed E-state index contributed by atoms with van der Waals surface area (Å²) in [7, 11) is 0. The molecule has 0 aromatic rings. The molecule has 0 aliphatic carbocycles. The quantitative estimate of drug-likeness (QED) is 0.393. The monoisotopic (exact) mass is 230 g/mol. The Bertz CT molecular complexity index is 243. The molecular formula is C11H22N2O3. The maximum absolute atomic E-state index is 11.4. The predicted molar refractivity (Wildman–Crippen MR) is 61.4 cm³/mol. The van der Waals surface area contributed by atoms with E-state index in [1.165, 1.54) is 0 Å². The number of rotatable bonds is 7. The summed E-state index contributed by atoms with van der Waals surface area (Å²) in [5.41, 5.74) is 0. The van der Waals surface area contributed by atoms with E-state index in [2.05, 4.69) is 0 Å². The normalized spacial score (nSPS) is 14.2. The second kappa shape index (κ2) is 7.22. The van der Waals surface area contributed by atoms with Crippen molar-refractivity contribution in [1.29, 1.82) is 0 Å². The van der Waals surface area contributed by atoms with Gasteiger partial charge in [-0.2, -0.15) is 0 Å². The Balaban J connectivity index is 4.52. The van der Waals surface area contributed by atoms with E-state index in [4.69, 9.17) is 10.9 Å². The molecule has 0 spiro atoms. The van der Waals surface area contributed by atoms with Crippen molar-refractivity contribution < 1.29 is 14.7 Å². The van der Waals surface area contributed by atoms with Gasteiger partial charge in [-0.15, -0.1) is 0 Å². The smallest absolute Gasteiger partial charge is 0.305 e. The molecule has 94 valence electrons. The summed E-state index contributed by atoms with van der Waals surface area (Å²) in [5.74, 6) is 4.87. The van der Waals surface area contributed by atoms with Crippen LogP contribution in [0.2, 0.25) is 0 Å². The van der Waals surface area contributed by atoms with Crippen molar-refractivity contribution in [3.05, 3.63) is 0 Å². The van der Waals surface area contributed by atoms with E-state index in [0.717, 1.165) is 11.4 Å². The summed E-state index contributed by atoms with van der Waals surface area (Å²) in [5, 5.41) is 9.86. The van der Waals surface area contributed by atoms with Gasteiger partial charge in [0.05, 0.1) is 12.5 Å². The summed E-state index contributed by atoms with van der Waals surface area (Å²) in [6, 6.07) is -0.403. The number of nitrogens with zero attached hydrogens (tertiary/aromatic N) is 1. The Kier molecular flexibility index (Phi) is 6.72. The van der Waals surface area contributed by atoms with Crippen LogP contribution in [0.3, 0.4) is 0 Å². The number of aliphatic carboxylic acids is 1. The summed E-state index contributed by atoms with van der Waals surface area (Å²) >= 11 is 0. The fourth-order valence-corrected chi connectivity index (χ4v) is 1.51. The lowest BCUT2D eigenvalue weighted by atomic mass is 9.97. The van der Waals surface area contributed by atoms with Crippen LogP contribution >= 0.6 is 0 Å². The van der Waals surface area contributed by atoms with Crippen LogP contribution in [0.4, 0.5) is 0 Å². The molecule has 2 atom stereocenters. The highest BCUT2D eigenvalue weighted by atomic mass is 16.4. The Morgan fingerprint density at radius 3 is 2.31 bits per heavy atom. The molecule has 16 heavy (non-hydrogen) atoms. The van der Waals surface area contributed by atoms with Crippen LogP contribution < -0.4 is 5.84 Å². The Morgan fingerprint density at radius 2 is 1.94 bits per heavy atom. The molecule has 0 saturated heterocycles. The third-order valence-corrected chi connectivity index (χ3v) is 2.77. The van der Waals surface area contributed by atoms with Crippen LogP contribution in [0, 0.1) is 5.92 Å². The largest absolute Gasteiger partial charge is 0.481 e. The van der Waals surface area contributed by atoms with Crippen molar-refractivity contribution in [2.45, 2.75) is 52.5 Å². The van der Waals surface area contributed by atoms with Gasteiger partial charge in [-0.1, -0.05) is 27.2 Å². The standard InChI is InChI=1S/C11H22N2O3/c1-4-8(3)6-9(7-11(15)16)13(12)10(14)5-2/h8-9H,4-7,12H2,1-3H3,(H,15,16). The molecule has 0 saturated carbocycles. The van der Waals surface area contributed by atoms with Crippen molar-refractivity contribution in [3.8, 4) is 0 Å². The van der Waals surface area contributed by atoms with Crippen molar-refractivity contribution >= 4 is 11.9 Å². The number of carbonyl (C=O) groups is 2. The molecule has 0 heterocycles. The molecule has 0 aliphatic rings. The van der Waals surface area contributed by atoms with E-state index in [1.54, 1.807) is 6.92 Å². The van der Waals surface area contributed by atoms with Gasteiger partial charge in [0.2, 0.25) is 5.91 Å². The summed E-state index contributed by atoms with van der Waals surface area (Å²) in [6.07, 6.45) is 1.79. The van der Waals surface area contributed by atoms with Gasteiger partial charge in [-0.25, -0.2) is 5.84 Å². The Labute approximate surface area is 96.6 Å². The first kappa shape index (κ1) is 14.9. The molecule has 5 heteroatoms. The van der Waals surface area contributed by atoms with Gasteiger partial charge in [0.25, 0.3) is 0 Å².